The Morgan fingerprint density at radius 2 is 1.95 bits per heavy atom. The summed E-state index contributed by atoms with van der Waals surface area (Å²) in [7, 11) is 0. The average Bonchev–Trinajstić information content (AvgIpc) is 2.27. The Morgan fingerprint density at radius 1 is 1.32 bits per heavy atom. The zero-order chi connectivity index (χ0) is 14.5. The maximum atomic E-state index is 11.8. The molecule has 1 aliphatic carbocycles. The molecular formula is C16H31NO2. The van der Waals surface area contributed by atoms with Crippen molar-refractivity contribution in [2.24, 2.45) is 17.3 Å². The molecule has 0 heterocycles. The monoisotopic (exact) mass is 269 g/mol. The second-order valence-corrected chi connectivity index (χ2v) is 7.04. The Bertz CT molecular complexity index is 284. The van der Waals surface area contributed by atoms with E-state index >= 15 is 0 Å². The van der Waals surface area contributed by atoms with Crippen molar-refractivity contribution in [3.05, 3.63) is 0 Å². The molecule has 3 heteroatoms. The lowest BCUT2D eigenvalue weighted by Crippen LogP contribution is -2.43. The topological polar surface area (TPSA) is 38.3 Å². The lowest BCUT2D eigenvalue weighted by Gasteiger charge is -2.39. The molecule has 0 aliphatic heterocycles. The molecule has 0 saturated heterocycles. The van der Waals surface area contributed by atoms with Crippen LogP contribution in [0.3, 0.4) is 0 Å². The minimum Gasteiger partial charge on any atom is -0.449 e. The summed E-state index contributed by atoms with van der Waals surface area (Å²) in [6.45, 7) is 11.7. The highest BCUT2D eigenvalue weighted by Crippen LogP contribution is 2.38. The fraction of sp³-hybridized carbons (Fsp3) is 0.938. The average molecular weight is 269 g/mol. The van der Waals surface area contributed by atoms with Gasteiger partial charge in [-0.2, -0.15) is 0 Å². The van der Waals surface area contributed by atoms with Crippen LogP contribution in [0.25, 0.3) is 0 Å². The molecule has 0 aromatic rings. The quantitative estimate of drug-likeness (QED) is 0.805. The number of carbonyl (C=O) groups is 1. The maximum absolute atomic E-state index is 11.8. The van der Waals surface area contributed by atoms with Gasteiger partial charge in [0.1, 0.15) is 0 Å². The molecule has 1 rings (SSSR count). The summed E-state index contributed by atoms with van der Waals surface area (Å²) in [5.41, 5.74) is 0.324. The number of carbonyl (C=O) groups excluding carboxylic acids is 1. The minimum atomic E-state index is -0.234. The number of amides is 1. The van der Waals surface area contributed by atoms with Crippen molar-refractivity contribution < 1.29 is 9.53 Å². The summed E-state index contributed by atoms with van der Waals surface area (Å²) in [5.74, 6) is 1.17. The number of alkyl carbamates (subject to hydrolysis) is 1. The first-order valence-electron chi connectivity index (χ1n) is 7.79. The second-order valence-electron chi connectivity index (χ2n) is 7.04. The van der Waals surface area contributed by atoms with E-state index in [1.807, 2.05) is 0 Å². The third kappa shape index (κ3) is 5.84. The molecule has 2 unspecified atom stereocenters. The van der Waals surface area contributed by atoms with Crippen molar-refractivity contribution in [1.82, 2.24) is 5.32 Å². The molecular weight excluding hydrogens is 238 g/mol. The van der Waals surface area contributed by atoms with E-state index in [-0.39, 0.29) is 12.1 Å². The van der Waals surface area contributed by atoms with Gasteiger partial charge in [0.15, 0.2) is 0 Å². The van der Waals surface area contributed by atoms with Crippen molar-refractivity contribution in [3.8, 4) is 0 Å². The molecule has 1 amide bonds. The standard InChI is InChI=1S/C16H31NO2/c1-6-13(7-2)11-19-15(18)17-14-8-12(3)9-16(4,5)10-14/h12-14H,6-11H2,1-5H3,(H,17,18). The summed E-state index contributed by atoms with van der Waals surface area (Å²) >= 11 is 0. The second kappa shape index (κ2) is 7.16. The first-order chi connectivity index (χ1) is 8.86. The van der Waals surface area contributed by atoms with Crippen molar-refractivity contribution in [1.29, 1.82) is 0 Å². The van der Waals surface area contributed by atoms with Crippen LogP contribution in [0, 0.1) is 17.3 Å². The zero-order valence-corrected chi connectivity index (χ0v) is 13.3. The molecule has 0 aromatic carbocycles. The predicted molar refractivity (Wildman–Crippen MR) is 79.1 cm³/mol. The van der Waals surface area contributed by atoms with Crippen LogP contribution in [0.1, 0.15) is 66.7 Å². The van der Waals surface area contributed by atoms with Crippen LogP contribution in [-0.2, 0) is 4.74 Å². The van der Waals surface area contributed by atoms with Gasteiger partial charge in [-0.05, 0) is 36.5 Å². The molecule has 0 spiro atoms. The van der Waals surface area contributed by atoms with Crippen LogP contribution < -0.4 is 5.32 Å². The highest BCUT2D eigenvalue weighted by molar-refractivity contribution is 5.67. The van der Waals surface area contributed by atoms with Crippen LogP contribution in [-0.4, -0.2) is 18.7 Å². The van der Waals surface area contributed by atoms with E-state index in [2.05, 4.69) is 39.9 Å². The molecule has 1 saturated carbocycles. The van der Waals surface area contributed by atoms with E-state index in [0.29, 0.717) is 23.9 Å². The fourth-order valence-electron chi connectivity index (χ4n) is 3.38. The lowest BCUT2D eigenvalue weighted by atomic mass is 9.71. The molecule has 0 aromatic heterocycles. The molecule has 112 valence electrons. The third-order valence-electron chi connectivity index (χ3n) is 4.31. The number of ether oxygens (including phenoxy) is 1. The van der Waals surface area contributed by atoms with Gasteiger partial charge >= 0.3 is 6.09 Å². The van der Waals surface area contributed by atoms with Crippen LogP contribution in [0.5, 0.6) is 0 Å². The Balaban J connectivity index is 2.35. The van der Waals surface area contributed by atoms with E-state index in [4.69, 9.17) is 4.74 Å². The van der Waals surface area contributed by atoms with Gasteiger partial charge in [-0.15, -0.1) is 0 Å². The van der Waals surface area contributed by atoms with Crippen molar-refractivity contribution in [2.45, 2.75) is 72.8 Å². The van der Waals surface area contributed by atoms with E-state index < -0.39 is 0 Å². The number of nitrogens with one attached hydrogen (secondary N) is 1. The molecule has 19 heavy (non-hydrogen) atoms. The largest absolute Gasteiger partial charge is 0.449 e. The molecule has 1 N–H and O–H groups in total. The highest BCUT2D eigenvalue weighted by Gasteiger charge is 2.32. The zero-order valence-electron chi connectivity index (χ0n) is 13.3. The Morgan fingerprint density at radius 3 is 2.47 bits per heavy atom. The van der Waals surface area contributed by atoms with Crippen LogP contribution in [0.4, 0.5) is 4.79 Å². The maximum Gasteiger partial charge on any atom is 0.407 e. The van der Waals surface area contributed by atoms with E-state index in [9.17, 15) is 4.79 Å². The van der Waals surface area contributed by atoms with Crippen molar-refractivity contribution >= 4 is 6.09 Å². The van der Waals surface area contributed by atoms with Gasteiger partial charge in [0, 0.05) is 6.04 Å². The van der Waals surface area contributed by atoms with Crippen molar-refractivity contribution in [2.75, 3.05) is 6.61 Å². The van der Waals surface area contributed by atoms with E-state index in [1.54, 1.807) is 0 Å². The van der Waals surface area contributed by atoms with Crippen LogP contribution in [0.2, 0.25) is 0 Å². The normalized spacial score (nSPS) is 26.2. The molecule has 3 nitrogen and oxygen atoms in total. The Kier molecular flexibility index (Phi) is 6.15. The number of hydrogen-bond donors (Lipinski definition) is 1. The number of rotatable bonds is 5. The summed E-state index contributed by atoms with van der Waals surface area (Å²) in [6, 6.07) is 0.271. The van der Waals surface area contributed by atoms with Gasteiger partial charge in [-0.3, -0.25) is 0 Å². The molecule has 1 aliphatic rings. The van der Waals surface area contributed by atoms with Gasteiger partial charge in [-0.1, -0.05) is 47.5 Å². The Labute approximate surface area is 118 Å². The summed E-state index contributed by atoms with van der Waals surface area (Å²) in [5, 5.41) is 3.05. The molecule has 2 atom stereocenters. The van der Waals surface area contributed by atoms with Crippen LogP contribution in [0.15, 0.2) is 0 Å². The minimum absolute atomic E-state index is 0.234. The molecule has 1 fully saturated rings. The van der Waals surface area contributed by atoms with Gasteiger partial charge in [-0.25, -0.2) is 4.79 Å². The van der Waals surface area contributed by atoms with E-state index in [1.165, 1.54) is 6.42 Å². The van der Waals surface area contributed by atoms with E-state index in [0.717, 1.165) is 25.7 Å². The summed E-state index contributed by atoms with van der Waals surface area (Å²) < 4.78 is 5.34. The highest BCUT2D eigenvalue weighted by atomic mass is 16.5. The molecule has 0 bridgehead atoms. The summed E-state index contributed by atoms with van der Waals surface area (Å²) in [6.07, 6.45) is 5.27. The smallest absolute Gasteiger partial charge is 0.407 e. The van der Waals surface area contributed by atoms with Gasteiger partial charge in [0.25, 0.3) is 0 Å². The summed E-state index contributed by atoms with van der Waals surface area (Å²) in [4.78, 5) is 11.8. The van der Waals surface area contributed by atoms with Gasteiger partial charge in [0.2, 0.25) is 0 Å². The van der Waals surface area contributed by atoms with Crippen LogP contribution >= 0.6 is 0 Å². The molecule has 0 radical (unpaired) electrons. The number of hydrogen-bond acceptors (Lipinski definition) is 2. The first kappa shape index (κ1) is 16.3. The van der Waals surface area contributed by atoms with Gasteiger partial charge < -0.3 is 10.1 Å². The Hall–Kier alpha value is -0.730. The fourth-order valence-corrected chi connectivity index (χ4v) is 3.38. The lowest BCUT2D eigenvalue weighted by molar-refractivity contribution is 0.104. The third-order valence-corrected chi connectivity index (χ3v) is 4.31. The van der Waals surface area contributed by atoms with Crippen molar-refractivity contribution in [3.63, 3.8) is 0 Å². The SMILES string of the molecule is CCC(CC)COC(=O)NC1CC(C)CC(C)(C)C1. The first-order valence-corrected chi connectivity index (χ1v) is 7.79. The predicted octanol–water partition coefficient (Wildman–Crippen LogP) is 4.36. The van der Waals surface area contributed by atoms with Gasteiger partial charge in [0.05, 0.1) is 6.61 Å².